The number of benzene rings is 2. The van der Waals surface area contributed by atoms with Gasteiger partial charge in [-0.15, -0.1) is 13.2 Å². The number of carbonyl (C=O) groups excluding carboxylic acids is 1. The first-order valence-corrected chi connectivity index (χ1v) is 18.5. The molecule has 15 heteroatoms. The molecule has 5 unspecified atom stereocenters. The van der Waals surface area contributed by atoms with Crippen LogP contribution in [-0.2, 0) is 17.5 Å². The number of nitriles is 1. The van der Waals surface area contributed by atoms with Crippen molar-refractivity contribution in [1.29, 1.82) is 5.26 Å². The molecule has 3 aromatic heterocycles. The van der Waals surface area contributed by atoms with E-state index in [-0.39, 0.29) is 74.9 Å². The van der Waals surface area contributed by atoms with E-state index >= 15 is 4.39 Å². The van der Waals surface area contributed by atoms with Crippen LogP contribution in [0.2, 0.25) is 10.0 Å². The molecule has 0 radical (unpaired) electrons. The summed E-state index contributed by atoms with van der Waals surface area (Å²) in [7, 11) is 0. The highest BCUT2D eigenvalue weighted by Crippen LogP contribution is 2.51. The number of nitrogens with one attached hydrogen (secondary N) is 1. The molecule has 1 N–H and O–H groups in total. The number of pyridine rings is 1. The van der Waals surface area contributed by atoms with E-state index in [1.54, 1.807) is 18.2 Å². The monoisotopic (exact) mass is 765 g/mol. The second kappa shape index (κ2) is 12.6. The number of aryl methyl sites for hydroxylation is 2. The first kappa shape index (κ1) is 34.4. The average molecular weight is 767 g/mol. The van der Waals surface area contributed by atoms with E-state index in [4.69, 9.17) is 32.9 Å². The van der Waals surface area contributed by atoms with E-state index in [1.165, 1.54) is 0 Å². The molecule has 0 spiro atoms. The van der Waals surface area contributed by atoms with Gasteiger partial charge in [-0.3, -0.25) is 4.79 Å². The van der Waals surface area contributed by atoms with E-state index in [2.05, 4.69) is 21.1 Å². The molecule has 2 aromatic carbocycles. The Morgan fingerprint density at radius 2 is 1.98 bits per heavy atom. The van der Waals surface area contributed by atoms with Crippen LogP contribution in [0, 0.1) is 35.9 Å². The number of halogens is 6. The average Bonchev–Trinajstić information content (AvgIpc) is 3.59. The van der Waals surface area contributed by atoms with Crippen molar-refractivity contribution in [3.05, 3.63) is 75.5 Å². The topological polar surface area (TPSA) is 101 Å². The predicted octanol–water partition coefficient (Wildman–Crippen LogP) is 8.40. The summed E-state index contributed by atoms with van der Waals surface area (Å²) in [5, 5.41) is 18.5. The number of amides is 1. The van der Waals surface area contributed by atoms with Crippen molar-refractivity contribution in [3.63, 3.8) is 0 Å². The van der Waals surface area contributed by atoms with E-state index < -0.39 is 24.3 Å². The van der Waals surface area contributed by atoms with Gasteiger partial charge >= 0.3 is 6.30 Å². The SMILES string of the molecule is Cc1nc2c(F)c(-c3cccc(Cl)c3Cl)c(CCC#N)cc2c2c1cc(C1CC(Oc3cnn(C(F)(F)F)c3)CN1C(=O)C1CC1)n2C1C2CNC1C2. The Hall–Kier alpha value is -4.38. The molecule has 5 atom stereocenters. The normalized spacial score (nSPS) is 23.9. The van der Waals surface area contributed by atoms with Gasteiger partial charge in [0.15, 0.2) is 11.6 Å². The third-order valence-electron chi connectivity index (χ3n) is 11.4. The molecule has 3 aliphatic heterocycles. The van der Waals surface area contributed by atoms with E-state index in [0.717, 1.165) is 54.8 Å². The maximum Gasteiger partial charge on any atom is 0.504 e. The van der Waals surface area contributed by atoms with Crippen molar-refractivity contribution in [1.82, 2.24) is 29.5 Å². The third-order valence-corrected chi connectivity index (χ3v) is 12.2. The van der Waals surface area contributed by atoms with Crippen molar-refractivity contribution in [2.75, 3.05) is 13.1 Å². The molecule has 1 amide bonds. The molecule has 53 heavy (non-hydrogen) atoms. The van der Waals surface area contributed by atoms with Gasteiger partial charge in [0.1, 0.15) is 11.6 Å². The molecule has 9 nitrogen and oxygen atoms in total. The smallest absolute Gasteiger partial charge is 0.485 e. The third kappa shape index (κ3) is 5.63. The van der Waals surface area contributed by atoms with Crippen molar-refractivity contribution >= 4 is 50.9 Å². The first-order valence-electron chi connectivity index (χ1n) is 17.7. The molecular weight excluding hydrogens is 733 g/mol. The zero-order valence-electron chi connectivity index (χ0n) is 28.4. The van der Waals surface area contributed by atoms with Crippen LogP contribution in [0.1, 0.15) is 61.1 Å². The first-order chi connectivity index (χ1) is 25.4. The van der Waals surface area contributed by atoms with Gasteiger partial charge in [0.25, 0.3) is 0 Å². The minimum absolute atomic E-state index is 0.00817. The number of likely N-dealkylation sites (tertiary alicyclic amines) is 1. The summed E-state index contributed by atoms with van der Waals surface area (Å²) < 4.78 is 65.4. The second-order valence-electron chi connectivity index (χ2n) is 14.6. The van der Waals surface area contributed by atoms with Crippen LogP contribution in [-0.4, -0.2) is 55.4 Å². The minimum atomic E-state index is -4.69. The number of carbonyl (C=O) groups is 1. The predicted molar refractivity (Wildman–Crippen MR) is 190 cm³/mol. The summed E-state index contributed by atoms with van der Waals surface area (Å²) in [4.78, 5) is 20.6. The zero-order chi connectivity index (χ0) is 36.9. The van der Waals surface area contributed by atoms with Crippen LogP contribution in [0.5, 0.6) is 5.75 Å². The fraction of sp³-hybridized carbons (Fsp3) is 0.421. The Kier molecular flexibility index (Phi) is 8.18. The summed E-state index contributed by atoms with van der Waals surface area (Å²) >= 11 is 13.0. The van der Waals surface area contributed by atoms with E-state index in [1.807, 2.05) is 24.0 Å². The summed E-state index contributed by atoms with van der Waals surface area (Å²) in [6.07, 6.45) is -0.150. The number of alkyl halides is 3. The summed E-state index contributed by atoms with van der Waals surface area (Å²) in [5.74, 6) is -0.407. The highest BCUT2D eigenvalue weighted by atomic mass is 35.5. The quantitative estimate of drug-likeness (QED) is 0.159. The van der Waals surface area contributed by atoms with Gasteiger partial charge < -0.3 is 19.5 Å². The second-order valence-corrected chi connectivity index (χ2v) is 15.4. The van der Waals surface area contributed by atoms with Crippen LogP contribution < -0.4 is 10.1 Å². The molecule has 10 rings (SSSR count). The number of rotatable bonds is 8. The molecule has 5 aliphatic rings. The lowest BCUT2D eigenvalue weighted by molar-refractivity contribution is -0.212. The Morgan fingerprint density at radius 1 is 1.17 bits per heavy atom. The van der Waals surface area contributed by atoms with Gasteiger partial charge in [0.2, 0.25) is 5.91 Å². The van der Waals surface area contributed by atoms with Crippen LogP contribution >= 0.6 is 23.2 Å². The van der Waals surface area contributed by atoms with E-state index in [9.17, 15) is 23.2 Å². The molecule has 5 fully saturated rings. The van der Waals surface area contributed by atoms with Gasteiger partial charge in [-0.1, -0.05) is 35.3 Å². The molecule has 274 valence electrons. The summed E-state index contributed by atoms with van der Waals surface area (Å²) in [5.41, 5.74) is 3.67. The largest absolute Gasteiger partial charge is 0.504 e. The van der Waals surface area contributed by atoms with Crippen LogP contribution in [0.4, 0.5) is 17.6 Å². The number of ether oxygens (including phenoxy) is 1. The maximum atomic E-state index is 17.1. The standard InChI is InChI=1S/C38H33Cl2F4N7O2/c1-18-25-13-30(29-12-22(16-49(29)37(52)19-7-8-19)53-23-15-47-50(17-23)38(42,43)44)51(35-21-11-28(35)46-14-21)36(25)26-10-20(4-3-9-45)31(33(41)34(26)48-18)24-5-2-6-27(39)32(24)40/h2,5-6,10,13,15,17,19,21-22,28-29,35,46H,3-4,7-8,11-12,14,16H2,1H3. The maximum absolute atomic E-state index is 17.1. The van der Waals surface area contributed by atoms with Gasteiger partial charge in [0.05, 0.1) is 52.7 Å². The fourth-order valence-corrected chi connectivity index (χ4v) is 9.16. The molecule has 2 aliphatic carbocycles. The van der Waals surface area contributed by atoms with Crippen molar-refractivity contribution in [3.8, 4) is 22.9 Å². The van der Waals surface area contributed by atoms with Gasteiger partial charge in [-0.2, -0.15) is 15.0 Å². The molecule has 2 bridgehead atoms. The van der Waals surface area contributed by atoms with Crippen LogP contribution in [0.25, 0.3) is 32.9 Å². The molecule has 5 aromatic rings. The van der Waals surface area contributed by atoms with Crippen molar-refractivity contribution < 1.29 is 27.1 Å². The molecule has 3 saturated heterocycles. The Labute approximate surface area is 311 Å². The van der Waals surface area contributed by atoms with Crippen molar-refractivity contribution in [2.24, 2.45) is 11.8 Å². The lowest BCUT2D eigenvalue weighted by Gasteiger charge is -2.39. The molecule has 2 saturated carbocycles. The Balaban J connectivity index is 1.23. The number of hydrogen-bond donors (Lipinski definition) is 1. The highest BCUT2D eigenvalue weighted by molar-refractivity contribution is 6.43. The number of aromatic nitrogens is 4. The summed E-state index contributed by atoms with van der Waals surface area (Å²) in [6, 6.07) is 10.9. The van der Waals surface area contributed by atoms with Gasteiger partial charge in [-0.25, -0.2) is 9.37 Å². The van der Waals surface area contributed by atoms with Gasteiger partial charge in [-0.05, 0) is 62.3 Å². The Morgan fingerprint density at radius 3 is 2.66 bits per heavy atom. The van der Waals surface area contributed by atoms with E-state index in [0.29, 0.717) is 34.5 Å². The summed E-state index contributed by atoms with van der Waals surface area (Å²) in [6.45, 7) is 2.85. The number of nitrogens with zero attached hydrogens (tertiary/aromatic N) is 6. The lowest BCUT2D eigenvalue weighted by Crippen LogP contribution is -2.41. The molecular formula is C38H33Cl2F4N7O2. The molecule has 6 heterocycles. The van der Waals surface area contributed by atoms with Gasteiger partial charge in [0, 0.05) is 64.6 Å². The lowest BCUT2D eigenvalue weighted by atomic mass is 9.79. The van der Waals surface area contributed by atoms with Crippen molar-refractivity contribution in [2.45, 2.75) is 76.0 Å². The number of fused-ring (bicyclic) bond motifs is 4. The van der Waals surface area contributed by atoms with Crippen LogP contribution in [0.15, 0.2) is 42.7 Å². The highest BCUT2D eigenvalue weighted by Gasteiger charge is 2.51. The Bertz CT molecular complexity index is 2350. The van der Waals surface area contributed by atoms with Crippen LogP contribution in [0.3, 0.4) is 0 Å². The number of hydrogen-bond acceptors (Lipinski definition) is 6. The fourth-order valence-electron chi connectivity index (χ4n) is 8.77. The zero-order valence-corrected chi connectivity index (χ0v) is 29.9. The minimum Gasteiger partial charge on any atom is -0.485 e.